The third-order valence-electron chi connectivity index (χ3n) is 3.30. The number of carbonyl (C=O) groups excluding carboxylic acids is 2. The normalized spacial score (nSPS) is 11.6. The van der Waals surface area contributed by atoms with Crippen molar-refractivity contribution in [1.29, 1.82) is 0 Å². The van der Waals surface area contributed by atoms with Crippen LogP contribution in [0.5, 0.6) is 0 Å². The molecule has 0 aliphatic rings. The number of urea groups is 1. The Hall–Kier alpha value is -1.99. The predicted octanol–water partition coefficient (Wildman–Crippen LogP) is 3.67. The number of carbonyl (C=O) groups is 2. The molecule has 3 N–H and O–H groups in total. The first-order chi connectivity index (χ1) is 10.9. The molecule has 0 radical (unpaired) electrons. The van der Waals surface area contributed by atoms with Gasteiger partial charge in [-0.15, -0.1) is 0 Å². The summed E-state index contributed by atoms with van der Waals surface area (Å²) in [6.07, 6.45) is 0. The van der Waals surface area contributed by atoms with Gasteiger partial charge in [0, 0.05) is 10.0 Å². The molecule has 0 saturated carbocycles. The van der Waals surface area contributed by atoms with Crippen LogP contribution in [0.25, 0.3) is 0 Å². The first kappa shape index (κ1) is 17.4. The zero-order valence-electron chi connectivity index (χ0n) is 12.4. The molecule has 0 spiro atoms. The quantitative estimate of drug-likeness (QED) is 0.693. The lowest BCUT2D eigenvalue weighted by molar-refractivity contribution is 0.100. The molecular formula is C16H16BrN3O2S. The monoisotopic (exact) mass is 393 g/mol. The SMILES string of the molecule is C[C@@H](NC(=O)N(S)c1ccc(C(N)=O)cc1)c1ccc(Br)cc1. The van der Waals surface area contributed by atoms with Crippen LogP contribution in [0, 0.1) is 0 Å². The third-order valence-corrected chi connectivity index (χ3v) is 4.24. The summed E-state index contributed by atoms with van der Waals surface area (Å²) in [6, 6.07) is 13.5. The molecule has 5 nitrogen and oxygen atoms in total. The van der Waals surface area contributed by atoms with Crippen molar-refractivity contribution in [2.24, 2.45) is 5.73 Å². The minimum absolute atomic E-state index is 0.171. The molecule has 0 aliphatic heterocycles. The van der Waals surface area contributed by atoms with Crippen molar-refractivity contribution in [3.63, 3.8) is 0 Å². The van der Waals surface area contributed by atoms with E-state index >= 15 is 0 Å². The molecule has 0 saturated heterocycles. The van der Waals surface area contributed by atoms with Crippen LogP contribution in [0.3, 0.4) is 0 Å². The summed E-state index contributed by atoms with van der Waals surface area (Å²) < 4.78 is 2.16. The number of halogens is 1. The Kier molecular flexibility index (Phi) is 5.68. The number of amides is 3. The number of nitrogens with two attached hydrogens (primary N) is 1. The van der Waals surface area contributed by atoms with Crippen molar-refractivity contribution in [3.8, 4) is 0 Å². The summed E-state index contributed by atoms with van der Waals surface area (Å²) in [5.74, 6) is -0.518. The van der Waals surface area contributed by atoms with Gasteiger partial charge in [-0.2, -0.15) is 0 Å². The average molecular weight is 394 g/mol. The van der Waals surface area contributed by atoms with Gasteiger partial charge in [0.2, 0.25) is 5.91 Å². The second kappa shape index (κ2) is 7.52. The lowest BCUT2D eigenvalue weighted by Gasteiger charge is -2.20. The highest BCUT2D eigenvalue weighted by atomic mass is 79.9. The molecule has 0 aliphatic carbocycles. The maximum absolute atomic E-state index is 12.3. The predicted molar refractivity (Wildman–Crippen MR) is 97.5 cm³/mol. The van der Waals surface area contributed by atoms with Crippen LogP contribution in [-0.2, 0) is 0 Å². The van der Waals surface area contributed by atoms with E-state index in [1.54, 1.807) is 24.3 Å². The minimum atomic E-state index is -0.518. The van der Waals surface area contributed by atoms with Crippen molar-refractivity contribution in [2.45, 2.75) is 13.0 Å². The Morgan fingerprint density at radius 3 is 2.22 bits per heavy atom. The number of thiol groups is 1. The summed E-state index contributed by atoms with van der Waals surface area (Å²) in [5, 5.41) is 2.85. The number of nitrogens with zero attached hydrogens (tertiary/aromatic N) is 1. The summed E-state index contributed by atoms with van der Waals surface area (Å²) in [6.45, 7) is 1.89. The Morgan fingerprint density at radius 1 is 1.13 bits per heavy atom. The van der Waals surface area contributed by atoms with Gasteiger partial charge in [-0.1, -0.05) is 40.9 Å². The summed E-state index contributed by atoms with van der Waals surface area (Å²) in [4.78, 5) is 23.3. The van der Waals surface area contributed by atoms with Crippen LogP contribution in [0.4, 0.5) is 10.5 Å². The smallest absolute Gasteiger partial charge is 0.332 e. The van der Waals surface area contributed by atoms with Crippen molar-refractivity contribution < 1.29 is 9.59 Å². The third kappa shape index (κ3) is 4.49. The average Bonchev–Trinajstić information content (AvgIpc) is 2.54. The van der Waals surface area contributed by atoms with Crippen molar-refractivity contribution in [2.75, 3.05) is 4.31 Å². The highest BCUT2D eigenvalue weighted by Gasteiger charge is 2.16. The van der Waals surface area contributed by atoms with Crippen LogP contribution in [0.2, 0.25) is 0 Å². The highest BCUT2D eigenvalue weighted by Crippen LogP contribution is 2.20. The number of nitrogens with one attached hydrogen (secondary N) is 1. The Bertz CT molecular complexity index is 704. The lowest BCUT2D eigenvalue weighted by Crippen LogP contribution is -2.35. The van der Waals surface area contributed by atoms with Gasteiger partial charge < -0.3 is 11.1 Å². The molecule has 3 amide bonds. The Morgan fingerprint density at radius 2 is 1.70 bits per heavy atom. The van der Waals surface area contributed by atoms with E-state index in [0.29, 0.717) is 11.3 Å². The van der Waals surface area contributed by atoms with Gasteiger partial charge in [-0.05, 0) is 48.9 Å². The van der Waals surface area contributed by atoms with Gasteiger partial charge in [0.15, 0.2) is 0 Å². The van der Waals surface area contributed by atoms with Crippen LogP contribution < -0.4 is 15.4 Å². The van der Waals surface area contributed by atoms with Gasteiger partial charge in [-0.3, -0.25) is 4.79 Å². The molecule has 2 aromatic carbocycles. The number of hydrogen-bond donors (Lipinski definition) is 3. The van der Waals surface area contributed by atoms with Gasteiger partial charge >= 0.3 is 6.03 Å². The van der Waals surface area contributed by atoms with Crippen molar-refractivity contribution in [1.82, 2.24) is 5.32 Å². The maximum Gasteiger partial charge on any atom is 0.332 e. The zero-order valence-corrected chi connectivity index (χ0v) is 14.8. The largest absolute Gasteiger partial charge is 0.366 e. The van der Waals surface area contributed by atoms with Gasteiger partial charge in [0.25, 0.3) is 0 Å². The molecule has 23 heavy (non-hydrogen) atoms. The van der Waals surface area contributed by atoms with Crippen LogP contribution in [0.1, 0.15) is 28.9 Å². The van der Waals surface area contributed by atoms with Crippen molar-refractivity contribution in [3.05, 3.63) is 64.1 Å². The van der Waals surface area contributed by atoms with E-state index in [0.717, 1.165) is 10.0 Å². The summed E-state index contributed by atoms with van der Waals surface area (Å²) >= 11 is 7.58. The molecule has 0 aromatic heterocycles. The van der Waals surface area contributed by atoms with E-state index in [1.807, 2.05) is 31.2 Å². The molecule has 7 heteroatoms. The van der Waals surface area contributed by atoms with E-state index < -0.39 is 5.91 Å². The molecule has 0 fully saturated rings. The fourth-order valence-corrected chi connectivity index (χ4v) is 2.42. The van der Waals surface area contributed by atoms with Gasteiger partial charge in [0.1, 0.15) is 0 Å². The molecule has 0 heterocycles. The molecule has 120 valence electrons. The molecular weight excluding hydrogens is 378 g/mol. The van der Waals surface area contributed by atoms with Crippen LogP contribution in [-0.4, -0.2) is 11.9 Å². The van der Waals surface area contributed by atoms with Gasteiger partial charge in [0.05, 0.1) is 11.7 Å². The topological polar surface area (TPSA) is 75.4 Å². The Labute approximate surface area is 148 Å². The van der Waals surface area contributed by atoms with E-state index in [2.05, 4.69) is 34.1 Å². The second-order valence-corrected chi connectivity index (χ2v) is 6.26. The molecule has 1 atom stereocenters. The number of hydrogen-bond acceptors (Lipinski definition) is 3. The number of primary amides is 1. The van der Waals surface area contributed by atoms with Crippen LogP contribution in [0.15, 0.2) is 53.0 Å². The maximum atomic E-state index is 12.3. The van der Waals surface area contributed by atoms with Crippen LogP contribution >= 0.6 is 28.7 Å². The standard InChI is InChI=1S/C16H16BrN3O2S/c1-10(11-2-6-13(17)7-3-11)19-16(22)20(23)14-8-4-12(5-9-14)15(18)21/h2-10,23H,1H3,(H2,18,21)(H,19,22)/t10-/m1/s1. The number of rotatable bonds is 4. The fraction of sp³-hybridized carbons (Fsp3) is 0.125. The summed E-state index contributed by atoms with van der Waals surface area (Å²) in [7, 11) is 0. The first-order valence-corrected chi connectivity index (χ1v) is 8.02. The zero-order chi connectivity index (χ0) is 17.0. The minimum Gasteiger partial charge on any atom is -0.366 e. The fourth-order valence-electron chi connectivity index (χ4n) is 1.97. The van der Waals surface area contributed by atoms with E-state index in [9.17, 15) is 9.59 Å². The van der Waals surface area contributed by atoms with E-state index in [1.165, 1.54) is 4.31 Å². The van der Waals surface area contributed by atoms with Gasteiger partial charge in [-0.25, -0.2) is 9.10 Å². The Balaban J connectivity index is 2.04. The molecule has 0 unspecified atom stereocenters. The molecule has 2 aromatic rings. The highest BCUT2D eigenvalue weighted by molar-refractivity contribution is 9.10. The van der Waals surface area contributed by atoms with E-state index in [-0.39, 0.29) is 12.1 Å². The number of benzene rings is 2. The second-order valence-electron chi connectivity index (χ2n) is 4.95. The van der Waals surface area contributed by atoms with E-state index in [4.69, 9.17) is 5.73 Å². The van der Waals surface area contributed by atoms with Crippen molar-refractivity contribution >= 4 is 46.4 Å². The lowest BCUT2D eigenvalue weighted by atomic mass is 10.1. The number of anilines is 1. The first-order valence-electron chi connectivity index (χ1n) is 6.83. The molecule has 0 bridgehead atoms. The molecule has 2 rings (SSSR count). The summed E-state index contributed by atoms with van der Waals surface area (Å²) in [5.41, 5.74) is 7.08.